The molecule has 21 heavy (non-hydrogen) atoms. The summed E-state index contributed by atoms with van der Waals surface area (Å²) >= 11 is 17.6. The van der Waals surface area contributed by atoms with Crippen molar-refractivity contribution in [2.45, 2.75) is 18.7 Å². The van der Waals surface area contributed by atoms with E-state index < -0.39 is 10.1 Å². The minimum atomic E-state index is -4.10. The van der Waals surface area contributed by atoms with Gasteiger partial charge in [-0.2, -0.15) is 8.42 Å². The lowest BCUT2D eigenvalue weighted by Gasteiger charge is -2.12. The molecule has 0 saturated heterocycles. The Balaban J connectivity index is 2.48. The van der Waals surface area contributed by atoms with Crippen LogP contribution in [0.4, 0.5) is 0 Å². The Morgan fingerprint density at radius 3 is 2.19 bits per heavy atom. The van der Waals surface area contributed by atoms with E-state index >= 15 is 0 Å². The molecule has 2 rings (SSSR count). The van der Waals surface area contributed by atoms with E-state index in [0.29, 0.717) is 5.56 Å². The molecule has 0 aliphatic rings. The van der Waals surface area contributed by atoms with Crippen LogP contribution in [0.2, 0.25) is 15.1 Å². The highest BCUT2D eigenvalue weighted by molar-refractivity contribution is 7.87. The molecule has 0 atom stereocenters. The summed E-state index contributed by atoms with van der Waals surface area (Å²) in [6.07, 6.45) is 0. The van der Waals surface area contributed by atoms with Crippen LogP contribution in [-0.4, -0.2) is 8.42 Å². The molecular formula is C14H11Cl3O3S. The topological polar surface area (TPSA) is 43.4 Å². The average Bonchev–Trinajstić information content (AvgIpc) is 2.37. The van der Waals surface area contributed by atoms with Crippen molar-refractivity contribution in [3.05, 3.63) is 56.5 Å². The fourth-order valence-corrected chi connectivity index (χ4v) is 3.62. The van der Waals surface area contributed by atoms with Crippen LogP contribution in [0, 0.1) is 13.8 Å². The maximum Gasteiger partial charge on any atom is 0.340 e. The van der Waals surface area contributed by atoms with Crippen LogP contribution in [-0.2, 0) is 10.1 Å². The van der Waals surface area contributed by atoms with Crippen LogP contribution in [0.5, 0.6) is 5.75 Å². The second-order valence-electron chi connectivity index (χ2n) is 4.50. The summed E-state index contributed by atoms with van der Waals surface area (Å²) in [6, 6.07) is 7.72. The molecule has 112 valence electrons. The Hall–Kier alpha value is -0.940. The zero-order valence-corrected chi connectivity index (χ0v) is 14.2. The highest BCUT2D eigenvalue weighted by Crippen LogP contribution is 2.33. The highest BCUT2D eigenvalue weighted by Gasteiger charge is 2.23. The fraction of sp³-hybridized carbons (Fsp3) is 0.143. The van der Waals surface area contributed by atoms with E-state index in [-0.39, 0.29) is 25.7 Å². The summed E-state index contributed by atoms with van der Waals surface area (Å²) in [4.78, 5) is -0.223. The van der Waals surface area contributed by atoms with Crippen molar-refractivity contribution in [2.75, 3.05) is 0 Å². The zero-order valence-electron chi connectivity index (χ0n) is 11.2. The SMILES string of the molecule is Cc1ccc(C)c(OS(=O)(=O)c2cc(Cl)c(Cl)cc2Cl)c1. The van der Waals surface area contributed by atoms with Gasteiger partial charge < -0.3 is 4.18 Å². The van der Waals surface area contributed by atoms with E-state index in [1.165, 1.54) is 12.1 Å². The van der Waals surface area contributed by atoms with Gasteiger partial charge in [0.2, 0.25) is 0 Å². The fourth-order valence-electron chi connectivity index (χ4n) is 1.66. The summed E-state index contributed by atoms with van der Waals surface area (Å²) in [7, 11) is -4.10. The first-order valence-electron chi connectivity index (χ1n) is 5.87. The maximum atomic E-state index is 12.3. The third-order valence-corrected chi connectivity index (χ3v) is 5.21. The van der Waals surface area contributed by atoms with Crippen molar-refractivity contribution >= 4 is 44.9 Å². The van der Waals surface area contributed by atoms with Gasteiger partial charge in [0.1, 0.15) is 10.6 Å². The highest BCUT2D eigenvalue weighted by atomic mass is 35.5. The first-order chi connectivity index (χ1) is 9.70. The molecule has 0 radical (unpaired) electrons. The molecule has 0 N–H and O–H groups in total. The Morgan fingerprint density at radius 2 is 1.52 bits per heavy atom. The third-order valence-electron chi connectivity index (χ3n) is 2.79. The third kappa shape index (κ3) is 3.64. The van der Waals surface area contributed by atoms with Crippen molar-refractivity contribution in [3.8, 4) is 5.75 Å². The predicted molar refractivity (Wildman–Crippen MR) is 85.2 cm³/mol. The van der Waals surface area contributed by atoms with Crippen LogP contribution < -0.4 is 4.18 Å². The Morgan fingerprint density at radius 1 is 0.905 bits per heavy atom. The number of benzene rings is 2. The molecule has 0 aromatic heterocycles. The molecule has 3 nitrogen and oxygen atoms in total. The van der Waals surface area contributed by atoms with Crippen LogP contribution in [0.25, 0.3) is 0 Å². The number of hydrogen-bond donors (Lipinski definition) is 0. The van der Waals surface area contributed by atoms with Crippen LogP contribution in [0.15, 0.2) is 35.2 Å². The van der Waals surface area contributed by atoms with E-state index in [9.17, 15) is 8.42 Å². The lowest BCUT2D eigenvalue weighted by Crippen LogP contribution is -2.11. The van der Waals surface area contributed by atoms with Gasteiger partial charge in [-0.1, -0.05) is 46.9 Å². The summed E-state index contributed by atoms with van der Waals surface area (Å²) in [5, 5.41) is 0.214. The van der Waals surface area contributed by atoms with Gasteiger partial charge in [-0.3, -0.25) is 0 Å². The monoisotopic (exact) mass is 364 g/mol. The van der Waals surface area contributed by atoms with Crippen molar-refractivity contribution in [1.29, 1.82) is 0 Å². The molecule has 2 aromatic carbocycles. The van der Waals surface area contributed by atoms with Gasteiger partial charge in [0.05, 0.1) is 15.1 Å². The molecule has 0 bridgehead atoms. The molecule has 0 unspecified atom stereocenters. The van der Waals surface area contributed by atoms with E-state index in [4.69, 9.17) is 39.0 Å². The van der Waals surface area contributed by atoms with Crippen LogP contribution in [0.1, 0.15) is 11.1 Å². The lowest BCUT2D eigenvalue weighted by atomic mass is 10.1. The molecule has 2 aromatic rings. The molecule has 0 saturated carbocycles. The van der Waals surface area contributed by atoms with Gasteiger partial charge in [-0.25, -0.2) is 0 Å². The normalized spacial score (nSPS) is 11.5. The van der Waals surface area contributed by atoms with Gasteiger partial charge in [0.15, 0.2) is 0 Å². The van der Waals surface area contributed by atoms with Crippen molar-refractivity contribution in [1.82, 2.24) is 0 Å². The number of halogens is 3. The second kappa shape index (κ2) is 6.05. The van der Waals surface area contributed by atoms with E-state index in [1.54, 1.807) is 19.1 Å². The van der Waals surface area contributed by atoms with Gasteiger partial charge in [-0.15, -0.1) is 0 Å². The van der Waals surface area contributed by atoms with Crippen molar-refractivity contribution in [3.63, 3.8) is 0 Å². The minimum Gasteiger partial charge on any atom is -0.379 e. The summed E-state index contributed by atoms with van der Waals surface area (Å²) in [5.74, 6) is 0.247. The number of rotatable bonds is 3. The molecule has 7 heteroatoms. The van der Waals surface area contributed by atoms with Crippen LogP contribution in [0.3, 0.4) is 0 Å². The second-order valence-corrected chi connectivity index (χ2v) is 7.24. The standard InChI is InChI=1S/C14H11Cl3O3S/c1-8-3-4-9(2)13(5-8)20-21(18,19)14-7-11(16)10(15)6-12(14)17/h3-7H,1-2H3. The molecule has 0 aliphatic heterocycles. The summed E-state index contributed by atoms with van der Waals surface area (Å²) in [5.41, 5.74) is 1.58. The van der Waals surface area contributed by atoms with E-state index in [1.807, 2.05) is 13.0 Å². The van der Waals surface area contributed by atoms with Crippen molar-refractivity contribution < 1.29 is 12.6 Å². The molecule has 0 fully saturated rings. The molecule has 0 spiro atoms. The lowest BCUT2D eigenvalue weighted by molar-refractivity contribution is 0.484. The molecule has 0 aliphatic carbocycles. The van der Waals surface area contributed by atoms with Gasteiger partial charge in [0, 0.05) is 0 Å². The molecule has 0 heterocycles. The van der Waals surface area contributed by atoms with E-state index in [0.717, 1.165) is 5.56 Å². The summed E-state index contributed by atoms with van der Waals surface area (Å²) < 4.78 is 29.8. The number of aryl methyl sites for hydroxylation is 2. The van der Waals surface area contributed by atoms with E-state index in [2.05, 4.69) is 0 Å². The quantitative estimate of drug-likeness (QED) is 0.566. The minimum absolute atomic E-state index is 0.0466. The maximum absolute atomic E-state index is 12.3. The Bertz CT molecular complexity index is 801. The summed E-state index contributed by atoms with van der Waals surface area (Å²) in [6.45, 7) is 3.59. The van der Waals surface area contributed by atoms with Crippen LogP contribution >= 0.6 is 34.8 Å². The molecular weight excluding hydrogens is 355 g/mol. The predicted octanol–water partition coefficient (Wildman–Crippen LogP) is 5.03. The zero-order chi connectivity index (χ0) is 15.8. The van der Waals surface area contributed by atoms with Gasteiger partial charge in [-0.05, 0) is 43.2 Å². The smallest absolute Gasteiger partial charge is 0.340 e. The number of hydrogen-bond acceptors (Lipinski definition) is 3. The first kappa shape index (κ1) is 16.4. The van der Waals surface area contributed by atoms with Crippen molar-refractivity contribution in [2.24, 2.45) is 0 Å². The van der Waals surface area contributed by atoms with Gasteiger partial charge >= 0.3 is 10.1 Å². The Kier molecular flexibility index (Phi) is 4.73. The van der Waals surface area contributed by atoms with Gasteiger partial charge in [0.25, 0.3) is 0 Å². The first-order valence-corrected chi connectivity index (χ1v) is 8.41. The average molecular weight is 366 g/mol. The Labute approximate surface area is 138 Å². The largest absolute Gasteiger partial charge is 0.379 e. The molecule has 0 amide bonds.